The highest BCUT2D eigenvalue weighted by Crippen LogP contribution is 2.33. The van der Waals surface area contributed by atoms with E-state index in [1.807, 2.05) is 24.3 Å². The van der Waals surface area contributed by atoms with Crippen LogP contribution in [0.5, 0.6) is 10.9 Å². The normalized spacial score (nSPS) is 15.0. The second kappa shape index (κ2) is 9.35. The van der Waals surface area contributed by atoms with E-state index in [0.717, 1.165) is 34.6 Å². The topological polar surface area (TPSA) is 124 Å². The monoisotopic (exact) mass is 464 g/mol. The average molecular weight is 465 g/mol. The third-order valence-electron chi connectivity index (χ3n) is 5.22. The Kier molecular flexibility index (Phi) is 5.96. The number of hydrogen-bond donors (Lipinski definition) is 2. The lowest BCUT2D eigenvalue weighted by Gasteiger charge is -2.21. The predicted molar refractivity (Wildman–Crippen MR) is 121 cm³/mol. The van der Waals surface area contributed by atoms with Crippen LogP contribution in [0.25, 0.3) is 11.1 Å². The number of carbonyl (C=O) groups is 1. The Balaban J connectivity index is 1.28. The van der Waals surface area contributed by atoms with Gasteiger partial charge < -0.3 is 14.2 Å². The fourth-order valence-corrected chi connectivity index (χ4v) is 4.23. The van der Waals surface area contributed by atoms with Crippen LogP contribution in [0.15, 0.2) is 48.9 Å². The number of aromatic nitrogens is 5. The quantitative estimate of drug-likeness (QED) is 0.427. The van der Waals surface area contributed by atoms with Gasteiger partial charge in [-0.25, -0.2) is 0 Å². The number of anilines is 1. The number of nitrogens with one attached hydrogen (secondary N) is 2. The summed E-state index contributed by atoms with van der Waals surface area (Å²) in [7, 11) is 1.59. The zero-order valence-electron chi connectivity index (χ0n) is 17.6. The fourth-order valence-electron chi connectivity index (χ4n) is 3.64. The molecular formula is C22H20N6O4S. The van der Waals surface area contributed by atoms with Crippen molar-refractivity contribution in [1.82, 2.24) is 25.4 Å². The summed E-state index contributed by atoms with van der Waals surface area (Å²) in [5, 5.41) is 18.5. The lowest BCUT2D eigenvalue weighted by atomic mass is 10.0. The van der Waals surface area contributed by atoms with Crippen LogP contribution < -0.4 is 14.8 Å². The van der Waals surface area contributed by atoms with Gasteiger partial charge in [0.25, 0.3) is 11.1 Å². The molecule has 1 aliphatic heterocycles. The number of H-pyrrole nitrogens is 1. The molecule has 11 heteroatoms. The van der Waals surface area contributed by atoms with Crippen molar-refractivity contribution in [2.75, 3.05) is 25.6 Å². The molecule has 0 saturated carbocycles. The molecule has 5 rings (SSSR count). The first kappa shape index (κ1) is 21.0. The lowest BCUT2D eigenvalue weighted by Crippen LogP contribution is -2.20. The van der Waals surface area contributed by atoms with Crippen molar-refractivity contribution in [3.05, 3.63) is 65.7 Å². The molecule has 1 aromatic carbocycles. The molecule has 4 aromatic rings. The van der Waals surface area contributed by atoms with Crippen LogP contribution in [0.4, 0.5) is 5.13 Å². The van der Waals surface area contributed by atoms with Crippen LogP contribution in [0, 0.1) is 0 Å². The molecule has 1 atom stereocenters. The first-order valence-corrected chi connectivity index (χ1v) is 11.0. The van der Waals surface area contributed by atoms with Crippen molar-refractivity contribution >= 4 is 22.4 Å². The number of methoxy groups -OCH3 is 1. The van der Waals surface area contributed by atoms with Gasteiger partial charge in [0.15, 0.2) is 0 Å². The molecule has 33 heavy (non-hydrogen) atoms. The molecule has 10 nitrogen and oxygen atoms in total. The summed E-state index contributed by atoms with van der Waals surface area (Å²) in [6.45, 7) is 0.874. The fraction of sp³-hybridized carbons (Fsp3) is 0.227. The largest absolute Gasteiger partial charge is 0.496 e. The minimum Gasteiger partial charge on any atom is -0.496 e. The van der Waals surface area contributed by atoms with E-state index in [-0.39, 0.29) is 18.6 Å². The van der Waals surface area contributed by atoms with E-state index in [1.54, 1.807) is 31.8 Å². The third-order valence-corrected chi connectivity index (χ3v) is 5.97. The van der Waals surface area contributed by atoms with E-state index in [0.29, 0.717) is 33.8 Å². The number of carbonyl (C=O) groups excluding carboxylic acids is 1. The van der Waals surface area contributed by atoms with E-state index >= 15 is 0 Å². The molecule has 0 saturated heterocycles. The summed E-state index contributed by atoms with van der Waals surface area (Å²) in [6, 6.07) is 9.11. The van der Waals surface area contributed by atoms with Gasteiger partial charge in [-0.2, -0.15) is 5.10 Å². The van der Waals surface area contributed by atoms with Crippen molar-refractivity contribution in [3.8, 4) is 22.1 Å². The number of amides is 1. The maximum Gasteiger partial charge on any atom is 0.295 e. The van der Waals surface area contributed by atoms with Gasteiger partial charge in [0.05, 0.1) is 25.5 Å². The maximum atomic E-state index is 13.0. The summed E-state index contributed by atoms with van der Waals surface area (Å²) < 4.78 is 17.0. The zero-order valence-corrected chi connectivity index (χ0v) is 18.5. The third kappa shape index (κ3) is 4.41. The van der Waals surface area contributed by atoms with Gasteiger partial charge in [-0.3, -0.25) is 20.2 Å². The Labute approximate surface area is 193 Å². The highest BCUT2D eigenvalue weighted by molar-refractivity contribution is 7.17. The van der Waals surface area contributed by atoms with Crippen LogP contribution in [-0.4, -0.2) is 51.6 Å². The Hall–Kier alpha value is -3.83. The lowest BCUT2D eigenvalue weighted by molar-refractivity contribution is 0.00970. The van der Waals surface area contributed by atoms with Gasteiger partial charge >= 0.3 is 0 Å². The van der Waals surface area contributed by atoms with Gasteiger partial charge in [0.1, 0.15) is 18.5 Å². The molecule has 2 N–H and O–H groups in total. The molecular weight excluding hydrogens is 444 g/mol. The Morgan fingerprint density at radius 3 is 3.06 bits per heavy atom. The summed E-state index contributed by atoms with van der Waals surface area (Å²) in [5.41, 5.74) is 3.91. The maximum absolute atomic E-state index is 13.0. The van der Waals surface area contributed by atoms with Gasteiger partial charge in [-0.1, -0.05) is 23.3 Å². The zero-order chi connectivity index (χ0) is 22.6. The molecule has 3 aromatic heterocycles. The number of aromatic amines is 1. The number of pyridine rings is 1. The molecule has 0 bridgehead atoms. The minimum atomic E-state index is -0.334. The number of fused-ring (bicyclic) bond motifs is 1. The molecule has 0 radical (unpaired) electrons. The molecule has 168 valence electrons. The van der Waals surface area contributed by atoms with Crippen molar-refractivity contribution in [2.24, 2.45) is 0 Å². The summed E-state index contributed by atoms with van der Waals surface area (Å²) in [5.74, 6) is 0.316. The molecule has 1 unspecified atom stereocenters. The minimum absolute atomic E-state index is 0.227. The number of nitrogens with zero attached hydrogens (tertiary/aromatic N) is 4. The first-order chi connectivity index (χ1) is 16.2. The molecule has 0 spiro atoms. The van der Waals surface area contributed by atoms with E-state index in [2.05, 4.69) is 30.7 Å². The molecule has 4 heterocycles. The van der Waals surface area contributed by atoms with Crippen LogP contribution in [0.1, 0.15) is 27.7 Å². The van der Waals surface area contributed by atoms with Crippen LogP contribution in [0.3, 0.4) is 0 Å². The summed E-state index contributed by atoms with van der Waals surface area (Å²) in [4.78, 5) is 17.2. The number of ether oxygens (including phenoxy) is 3. The highest BCUT2D eigenvalue weighted by atomic mass is 32.1. The molecule has 1 aliphatic rings. The second-order valence-corrected chi connectivity index (χ2v) is 8.11. The smallest absolute Gasteiger partial charge is 0.295 e. The van der Waals surface area contributed by atoms with Gasteiger partial charge in [-0.15, -0.1) is 5.10 Å². The van der Waals surface area contributed by atoms with Crippen LogP contribution in [-0.2, 0) is 11.2 Å². The van der Waals surface area contributed by atoms with Crippen molar-refractivity contribution in [1.29, 1.82) is 0 Å². The summed E-state index contributed by atoms with van der Waals surface area (Å²) >= 11 is 1.14. The Bertz CT molecular complexity index is 1270. The average Bonchev–Trinajstić information content (AvgIpc) is 3.52. The molecule has 0 fully saturated rings. The van der Waals surface area contributed by atoms with Crippen molar-refractivity contribution < 1.29 is 19.0 Å². The van der Waals surface area contributed by atoms with Gasteiger partial charge in [0, 0.05) is 41.2 Å². The second-order valence-electron chi connectivity index (χ2n) is 7.17. The van der Waals surface area contributed by atoms with Crippen molar-refractivity contribution in [3.63, 3.8) is 0 Å². The standard InChI is InChI=1S/C22H20N6O4S/c1-30-18-5-3-2-4-13(18)15-10-23-8-6-14(15)20(29)25-21-27-28-22(33-21)32-12-19-16-11-24-26-17(16)7-9-31-19/h2-6,8,10-11,19H,7,9,12H2,1H3,(H,24,26)(H,25,27,29). The molecule has 0 aliphatic carbocycles. The predicted octanol–water partition coefficient (Wildman–Crippen LogP) is 3.28. The van der Waals surface area contributed by atoms with E-state index < -0.39 is 0 Å². The van der Waals surface area contributed by atoms with Crippen LogP contribution in [0.2, 0.25) is 0 Å². The van der Waals surface area contributed by atoms with E-state index in [1.165, 1.54) is 0 Å². The number of benzene rings is 1. The molecule has 1 amide bonds. The van der Waals surface area contributed by atoms with Gasteiger partial charge in [-0.05, 0) is 23.5 Å². The Morgan fingerprint density at radius 2 is 2.15 bits per heavy atom. The first-order valence-electron chi connectivity index (χ1n) is 10.2. The summed E-state index contributed by atoms with van der Waals surface area (Å²) in [6.07, 6.45) is 5.52. The number of hydrogen-bond acceptors (Lipinski definition) is 9. The SMILES string of the molecule is COc1ccccc1-c1cnccc1C(=O)Nc1nnc(OCC2OCCc3[nH]ncc32)s1. The van der Waals surface area contributed by atoms with Crippen molar-refractivity contribution in [2.45, 2.75) is 12.5 Å². The Morgan fingerprint density at radius 1 is 1.24 bits per heavy atom. The van der Waals surface area contributed by atoms with Crippen LogP contribution >= 0.6 is 11.3 Å². The number of para-hydroxylation sites is 1. The van der Waals surface area contributed by atoms with Gasteiger partial charge in [0.2, 0.25) is 5.13 Å². The highest BCUT2D eigenvalue weighted by Gasteiger charge is 2.24. The van der Waals surface area contributed by atoms with E-state index in [4.69, 9.17) is 14.2 Å². The van der Waals surface area contributed by atoms with E-state index in [9.17, 15) is 4.79 Å². The number of rotatable bonds is 7.